The van der Waals surface area contributed by atoms with E-state index in [9.17, 15) is 9.59 Å². The fourth-order valence-electron chi connectivity index (χ4n) is 2.02. The first-order valence-electron chi connectivity index (χ1n) is 5.82. The summed E-state index contributed by atoms with van der Waals surface area (Å²) in [5.41, 5.74) is 0.0604. The van der Waals surface area contributed by atoms with Gasteiger partial charge in [0.05, 0.1) is 5.56 Å². The molecule has 0 saturated carbocycles. The number of carbonyl (C=O) groups excluding carboxylic acids is 1. The predicted octanol–water partition coefficient (Wildman–Crippen LogP) is 2.00. The highest BCUT2D eigenvalue weighted by Crippen LogP contribution is 2.22. The first-order valence-corrected chi connectivity index (χ1v) is 7.36. The smallest absolute Gasteiger partial charge is 0.266 e. The van der Waals surface area contributed by atoms with E-state index in [2.05, 4.69) is 4.98 Å². The van der Waals surface area contributed by atoms with Crippen molar-refractivity contribution in [2.75, 3.05) is 18.6 Å². The molecular weight excluding hydrogens is 272 g/mol. The van der Waals surface area contributed by atoms with E-state index >= 15 is 0 Å². The van der Waals surface area contributed by atoms with Crippen molar-refractivity contribution in [2.24, 2.45) is 0 Å². The van der Waals surface area contributed by atoms with Gasteiger partial charge in [-0.25, -0.2) is 0 Å². The van der Waals surface area contributed by atoms with E-state index in [-0.39, 0.29) is 22.5 Å². The Kier molecular flexibility index (Phi) is 4.35. The third kappa shape index (κ3) is 2.90. The van der Waals surface area contributed by atoms with Crippen LogP contribution in [0.5, 0.6) is 0 Å². The molecule has 0 atom stereocenters. The number of thioether (sulfide) groups is 1. The van der Waals surface area contributed by atoms with Crippen molar-refractivity contribution in [1.82, 2.24) is 9.88 Å². The first kappa shape index (κ1) is 13.5. The van der Waals surface area contributed by atoms with Gasteiger partial charge in [0.1, 0.15) is 5.02 Å². The Balaban J connectivity index is 2.14. The summed E-state index contributed by atoms with van der Waals surface area (Å²) in [5, 5.41) is 0.0495. The van der Waals surface area contributed by atoms with Gasteiger partial charge in [-0.3, -0.25) is 9.59 Å². The van der Waals surface area contributed by atoms with Crippen molar-refractivity contribution in [3.05, 3.63) is 33.2 Å². The normalized spacial score (nSPS) is 16.6. The van der Waals surface area contributed by atoms with Crippen LogP contribution in [0, 0.1) is 0 Å². The van der Waals surface area contributed by atoms with Crippen LogP contribution >= 0.6 is 23.4 Å². The molecule has 0 aliphatic carbocycles. The second-order valence-corrected chi connectivity index (χ2v) is 5.96. The summed E-state index contributed by atoms with van der Waals surface area (Å²) in [5.74, 6) is 2.09. The zero-order chi connectivity index (χ0) is 13.1. The lowest BCUT2D eigenvalue weighted by Gasteiger charge is -2.31. The van der Waals surface area contributed by atoms with Crippen LogP contribution in [-0.2, 0) is 0 Å². The third-order valence-corrected chi connectivity index (χ3v) is 4.49. The molecule has 0 unspecified atom stereocenters. The largest absolute Gasteiger partial charge is 0.339 e. The Morgan fingerprint density at radius 2 is 2.17 bits per heavy atom. The molecule has 1 aromatic rings. The number of hydrogen-bond acceptors (Lipinski definition) is 3. The van der Waals surface area contributed by atoms with Crippen LogP contribution in [-0.4, -0.2) is 40.4 Å². The molecule has 4 nitrogen and oxygen atoms in total. The number of aromatic nitrogens is 1. The minimum Gasteiger partial charge on any atom is -0.339 e. The summed E-state index contributed by atoms with van der Waals surface area (Å²) in [6.45, 7) is 0. The number of pyridine rings is 1. The van der Waals surface area contributed by atoms with Gasteiger partial charge in [0, 0.05) is 19.3 Å². The number of hydrogen-bond donors (Lipinski definition) is 1. The van der Waals surface area contributed by atoms with Crippen molar-refractivity contribution in [1.29, 1.82) is 0 Å². The summed E-state index contributed by atoms with van der Waals surface area (Å²) >= 11 is 7.65. The van der Waals surface area contributed by atoms with Gasteiger partial charge < -0.3 is 9.88 Å². The molecule has 1 aliphatic heterocycles. The van der Waals surface area contributed by atoms with Crippen molar-refractivity contribution in [3.8, 4) is 0 Å². The molecular formula is C12H15ClN2O2S. The number of aromatic amines is 1. The van der Waals surface area contributed by atoms with Crippen LogP contribution in [0.2, 0.25) is 5.02 Å². The lowest BCUT2D eigenvalue weighted by atomic mass is 10.1. The monoisotopic (exact) mass is 286 g/mol. The summed E-state index contributed by atoms with van der Waals surface area (Å²) in [6, 6.07) is 1.71. The molecule has 1 amide bonds. The highest BCUT2D eigenvalue weighted by molar-refractivity contribution is 7.99. The van der Waals surface area contributed by atoms with Gasteiger partial charge in [0.2, 0.25) is 0 Å². The van der Waals surface area contributed by atoms with Crippen molar-refractivity contribution >= 4 is 29.3 Å². The van der Waals surface area contributed by atoms with Crippen LogP contribution in [0.1, 0.15) is 23.2 Å². The molecule has 1 N–H and O–H groups in total. The zero-order valence-corrected chi connectivity index (χ0v) is 11.7. The maximum absolute atomic E-state index is 12.2. The molecule has 1 saturated heterocycles. The number of nitrogens with zero attached hydrogens (tertiary/aromatic N) is 1. The number of nitrogens with one attached hydrogen (secondary N) is 1. The van der Waals surface area contributed by atoms with Gasteiger partial charge in [-0.2, -0.15) is 11.8 Å². The number of H-pyrrole nitrogens is 1. The average molecular weight is 287 g/mol. The Hall–Kier alpha value is -0.940. The lowest BCUT2D eigenvalue weighted by Crippen LogP contribution is -2.39. The topological polar surface area (TPSA) is 53.2 Å². The van der Waals surface area contributed by atoms with Crippen LogP contribution in [0.4, 0.5) is 0 Å². The molecule has 0 aromatic carbocycles. The Bertz CT molecular complexity index is 497. The van der Waals surface area contributed by atoms with E-state index in [0.717, 1.165) is 24.3 Å². The highest BCUT2D eigenvalue weighted by Gasteiger charge is 2.23. The first-order chi connectivity index (χ1) is 8.59. The van der Waals surface area contributed by atoms with Crippen LogP contribution in [0.15, 0.2) is 17.1 Å². The molecule has 2 rings (SSSR count). The van der Waals surface area contributed by atoms with Crippen LogP contribution < -0.4 is 5.56 Å². The fraction of sp³-hybridized carbons (Fsp3) is 0.500. The van der Waals surface area contributed by atoms with E-state index in [1.165, 1.54) is 12.3 Å². The zero-order valence-electron chi connectivity index (χ0n) is 10.1. The Morgan fingerprint density at radius 3 is 2.78 bits per heavy atom. The molecule has 0 spiro atoms. The summed E-state index contributed by atoms with van der Waals surface area (Å²) in [6.07, 6.45) is 3.46. The average Bonchev–Trinajstić information content (AvgIpc) is 2.41. The molecule has 0 radical (unpaired) electrons. The number of rotatable bonds is 2. The van der Waals surface area contributed by atoms with E-state index < -0.39 is 0 Å². The van der Waals surface area contributed by atoms with Gasteiger partial charge in [0.25, 0.3) is 11.5 Å². The molecule has 1 fully saturated rings. The Morgan fingerprint density at radius 1 is 1.50 bits per heavy atom. The minimum absolute atomic E-state index is 0.0495. The van der Waals surface area contributed by atoms with Gasteiger partial charge >= 0.3 is 0 Å². The van der Waals surface area contributed by atoms with Crippen molar-refractivity contribution in [2.45, 2.75) is 18.9 Å². The molecule has 2 heterocycles. The molecule has 0 bridgehead atoms. The maximum atomic E-state index is 12.2. The predicted molar refractivity (Wildman–Crippen MR) is 74.5 cm³/mol. The molecule has 1 aromatic heterocycles. The summed E-state index contributed by atoms with van der Waals surface area (Å²) in [7, 11) is 1.81. The highest BCUT2D eigenvalue weighted by atomic mass is 35.5. The SMILES string of the molecule is CN(C(=O)c1c[nH]c(=O)c(Cl)c1)C1CCSCC1. The number of amides is 1. The molecule has 1 aliphatic rings. The molecule has 98 valence electrons. The standard InChI is InChI=1S/C12H15ClN2O2S/c1-15(9-2-4-18-5-3-9)12(17)8-6-10(13)11(16)14-7-8/h6-7,9H,2-5H2,1H3,(H,14,16). The third-order valence-electron chi connectivity index (χ3n) is 3.16. The summed E-state index contributed by atoms with van der Waals surface area (Å²) in [4.78, 5) is 27.6. The van der Waals surface area contributed by atoms with Crippen molar-refractivity contribution in [3.63, 3.8) is 0 Å². The molecule has 18 heavy (non-hydrogen) atoms. The van der Waals surface area contributed by atoms with Gasteiger partial charge in [-0.1, -0.05) is 11.6 Å². The van der Waals surface area contributed by atoms with Gasteiger partial charge in [0.15, 0.2) is 0 Å². The van der Waals surface area contributed by atoms with E-state index in [1.54, 1.807) is 4.90 Å². The van der Waals surface area contributed by atoms with Crippen LogP contribution in [0.3, 0.4) is 0 Å². The quantitative estimate of drug-likeness (QED) is 0.905. The van der Waals surface area contributed by atoms with E-state index in [4.69, 9.17) is 11.6 Å². The lowest BCUT2D eigenvalue weighted by molar-refractivity contribution is 0.0723. The number of halogens is 1. The molecule has 6 heteroatoms. The second kappa shape index (κ2) is 5.80. The van der Waals surface area contributed by atoms with Gasteiger partial charge in [-0.15, -0.1) is 0 Å². The van der Waals surface area contributed by atoms with E-state index in [1.807, 2.05) is 18.8 Å². The van der Waals surface area contributed by atoms with Crippen molar-refractivity contribution < 1.29 is 4.79 Å². The summed E-state index contributed by atoms with van der Waals surface area (Å²) < 4.78 is 0. The number of carbonyl (C=O) groups is 1. The Labute approximate surface area is 115 Å². The van der Waals surface area contributed by atoms with Gasteiger partial charge in [-0.05, 0) is 30.4 Å². The second-order valence-electron chi connectivity index (χ2n) is 4.33. The minimum atomic E-state index is -0.370. The van der Waals surface area contributed by atoms with Crippen LogP contribution in [0.25, 0.3) is 0 Å². The van der Waals surface area contributed by atoms with E-state index in [0.29, 0.717) is 5.56 Å². The fourth-order valence-corrected chi connectivity index (χ4v) is 3.28. The maximum Gasteiger partial charge on any atom is 0.266 e.